The zero-order valence-electron chi connectivity index (χ0n) is 65.8. The maximum absolute atomic E-state index is 13.4. The zero-order valence-corrected chi connectivity index (χ0v) is 65.8. The Morgan fingerprint density at radius 3 is 0.851 bits per heavy atom. The van der Waals surface area contributed by atoms with Gasteiger partial charge in [0, 0.05) is 45.3 Å². The van der Waals surface area contributed by atoms with Gasteiger partial charge in [-0.3, -0.25) is 14.4 Å². The average Bonchev–Trinajstić information content (AvgIpc) is 1.77. The summed E-state index contributed by atoms with van der Waals surface area (Å²) in [6.07, 6.45) is -17.0. The third kappa shape index (κ3) is 25.7. The number of carbonyl (C=O) groups is 8. The van der Waals surface area contributed by atoms with Gasteiger partial charge in [-0.15, -0.1) is 0 Å². The molecule has 4 aliphatic heterocycles. The van der Waals surface area contributed by atoms with Gasteiger partial charge in [-0.25, -0.2) is 43.9 Å². The Balaban J connectivity index is 0.000000222. The van der Waals surface area contributed by atoms with Crippen LogP contribution in [0, 0.1) is 0 Å². The van der Waals surface area contributed by atoms with Gasteiger partial charge in [0.2, 0.25) is 17.7 Å². The number of ether oxygens (including phenoxy) is 4. The molecule has 8 heterocycles. The number of hydrogen-bond donors (Lipinski definition) is 10. The molecule has 0 aliphatic carbocycles. The number of amides is 7. The number of alkyl carbamates (subject to hydrolysis) is 4. The predicted octanol–water partition coefficient (Wildman–Crippen LogP) is 15.0. The lowest BCUT2D eigenvalue weighted by Crippen LogP contribution is -2.48. The Kier molecular flexibility index (Phi) is 30.7. The van der Waals surface area contributed by atoms with Crippen molar-refractivity contribution < 1.29 is 115 Å². The van der Waals surface area contributed by atoms with Gasteiger partial charge >= 0.3 is 55.0 Å². The maximum atomic E-state index is 13.4. The van der Waals surface area contributed by atoms with Crippen LogP contribution in [-0.2, 0) is 38.1 Å². The normalized spacial score (nSPS) is 17.7. The molecule has 0 spiro atoms. The van der Waals surface area contributed by atoms with Crippen LogP contribution in [-0.4, -0.2) is 211 Å². The summed E-state index contributed by atoms with van der Waals surface area (Å²) in [6.45, 7) is 1.94. The molecule has 652 valence electrons. The first kappa shape index (κ1) is 91.1. The summed E-state index contributed by atoms with van der Waals surface area (Å²) >= 11 is 0. The number of aromatic nitrogens is 8. The van der Waals surface area contributed by atoms with Crippen molar-refractivity contribution in [1.82, 2.24) is 81.2 Å². The molecule has 0 saturated carbocycles. The Bertz CT molecular complexity index is 4650. The first-order valence-electron chi connectivity index (χ1n) is 38.6. The van der Waals surface area contributed by atoms with Gasteiger partial charge in [0.05, 0.1) is 100 Å². The van der Waals surface area contributed by atoms with Crippen LogP contribution in [0.5, 0.6) is 0 Å². The van der Waals surface area contributed by atoms with E-state index in [2.05, 4.69) is 104 Å². The van der Waals surface area contributed by atoms with Crippen molar-refractivity contribution in [2.24, 2.45) is 0 Å². The van der Waals surface area contributed by atoms with Crippen LogP contribution in [0.1, 0.15) is 150 Å². The standard InChI is InChI=1S/C40H44F6N8O6.C33H36F3N7O3.C7H10F3NO4/c1-59-37(57)51-27(15-17-39(41,42)43)35(55)53-19-3-5-31(53)33-47-21-29(49-33)25-11-7-23(8-12-25)24-9-13-26(14-10-24)30-22-48-34(50-30)32-6-4-20-54(32)36(56)28(52-38(58)60-2)16-18-40(44,45)46;1-46-32(45)42-25(14-15-33(34,35)36)31(44)43-17-3-5-28(43)30-39-19-27(41-30)23-12-8-21(9-13-23)20-6-10-22(11-7-20)26-18-38-29(40-26)24-4-2-16-37-24;1-15-6(14)11-4(5(12)13)2-3-7(8,9)10/h7-14,21-22,27-28,31-32H,3-6,15-20H2,1-2H3,(H,47,49)(H,48,50)(H,51,57)(H,52,58);6-13,18-19,24-25,28,37H,2-5,14-17H2,1H3,(H,38,40)(H,39,41)(H,42,45);4H,2-3H2,1H3,(H,11,14)(H,12,13)/t27-,28-,31-,32-;24-,25-,28-;4-/m000/s1. The first-order valence-corrected chi connectivity index (χ1v) is 38.6. The first-order chi connectivity index (χ1) is 57.5. The fourth-order valence-electron chi connectivity index (χ4n) is 14.5. The number of H-pyrrole nitrogens is 4. The second-order valence-corrected chi connectivity index (χ2v) is 29.0. The molecule has 41 heteroatoms. The lowest BCUT2D eigenvalue weighted by atomic mass is 10.0. The van der Waals surface area contributed by atoms with E-state index in [1.807, 2.05) is 79.0 Å². The fraction of sp³-hybridized carbons (Fsp3) is 0.450. The summed E-state index contributed by atoms with van der Waals surface area (Å²) in [5, 5.41) is 20.5. The number of methoxy groups -OCH3 is 4. The maximum Gasteiger partial charge on any atom is 0.407 e. The minimum absolute atomic E-state index is 0.287. The third-order valence-corrected chi connectivity index (χ3v) is 20.7. The quantitative estimate of drug-likeness (QED) is 0.0178. The largest absolute Gasteiger partial charge is 0.480 e. The summed E-state index contributed by atoms with van der Waals surface area (Å²) < 4.78 is 170. The molecular formula is C80H90F12N16O13. The number of rotatable bonds is 26. The number of alkyl halides is 12. The predicted molar refractivity (Wildman–Crippen MR) is 411 cm³/mol. The number of aliphatic carboxylic acids is 1. The highest BCUT2D eigenvalue weighted by Crippen LogP contribution is 2.39. The second-order valence-electron chi connectivity index (χ2n) is 29.0. The minimum atomic E-state index is -4.51. The van der Waals surface area contributed by atoms with Gasteiger partial charge in [-0.2, -0.15) is 52.7 Å². The number of halogens is 12. The monoisotopic (exact) mass is 1710 g/mol. The van der Waals surface area contributed by atoms with Crippen molar-refractivity contribution in [2.75, 3.05) is 54.6 Å². The highest BCUT2D eigenvalue weighted by atomic mass is 19.4. The number of carboxylic acid groups (broad SMARTS) is 1. The van der Waals surface area contributed by atoms with E-state index < -0.39 is 166 Å². The highest BCUT2D eigenvalue weighted by molar-refractivity contribution is 5.88. The van der Waals surface area contributed by atoms with Crippen LogP contribution in [0.2, 0.25) is 0 Å². The summed E-state index contributed by atoms with van der Waals surface area (Å²) in [7, 11) is 4.21. The number of nitrogens with zero attached hydrogens (tertiary/aromatic N) is 7. The molecular weight excluding hydrogens is 1620 g/mol. The van der Waals surface area contributed by atoms with Crippen molar-refractivity contribution in [3.8, 4) is 67.3 Å². The summed E-state index contributed by atoms with van der Waals surface area (Å²) in [5.41, 5.74) is 10.6. The van der Waals surface area contributed by atoms with Crippen LogP contribution in [0.3, 0.4) is 0 Å². The number of likely N-dealkylation sites (tertiary alicyclic amines) is 3. The summed E-state index contributed by atoms with van der Waals surface area (Å²) in [6, 6.07) is 24.6. The van der Waals surface area contributed by atoms with Gasteiger partial charge in [0.1, 0.15) is 47.5 Å². The van der Waals surface area contributed by atoms with Crippen molar-refractivity contribution in [2.45, 2.75) is 176 Å². The van der Waals surface area contributed by atoms with E-state index in [1.165, 1.54) is 14.7 Å². The van der Waals surface area contributed by atoms with Gasteiger partial charge < -0.3 is 85.3 Å². The average molecular weight is 1710 g/mol. The SMILES string of the molecule is COC(=O)N[C@@H](CCC(F)(F)F)C(=O)N1CCC[C@H]1c1ncc(-c2ccc(-c3ccc(-c4cnc([C@@H]5CCCN5)[nH]4)cc3)cc2)[nH]1.COC(=O)N[C@@H](CCC(F)(F)F)C(=O)N1CCC[C@H]1c1ncc(-c2ccc(-c3ccc(-c4cnc([C@@H]5CCCN5C(=O)[C@H](CCC(F)(F)F)NC(=O)OC)[nH]4)cc3)cc2)[nH]1.COC(=O)N[C@@H](CCC(F)(F)F)C(=O)O. The molecule has 4 fully saturated rings. The van der Waals surface area contributed by atoms with Crippen LogP contribution in [0.15, 0.2) is 122 Å². The Morgan fingerprint density at radius 2 is 0.612 bits per heavy atom. The molecule has 8 aromatic rings. The smallest absolute Gasteiger partial charge is 0.407 e. The summed E-state index contributed by atoms with van der Waals surface area (Å²) in [5.74, 6) is -0.969. The van der Waals surface area contributed by atoms with Gasteiger partial charge in [0.25, 0.3) is 0 Å². The van der Waals surface area contributed by atoms with Crippen LogP contribution >= 0.6 is 0 Å². The molecule has 0 radical (unpaired) electrons. The molecule has 7 amide bonds. The Morgan fingerprint density at radius 1 is 0.372 bits per heavy atom. The van der Waals surface area contributed by atoms with Crippen LogP contribution in [0.4, 0.5) is 71.9 Å². The van der Waals surface area contributed by atoms with Gasteiger partial charge in [0.15, 0.2) is 0 Å². The van der Waals surface area contributed by atoms with Crippen molar-refractivity contribution >= 4 is 48.1 Å². The second kappa shape index (κ2) is 40.7. The minimum Gasteiger partial charge on any atom is -0.480 e. The topological polar surface area (TPSA) is 378 Å². The molecule has 4 aliphatic rings. The zero-order chi connectivity index (χ0) is 87.5. The van der Waals surface area contributed by atoms with Gasteiger partial charge in [-0.05, 0) is 128 Å². The molecule has 4 aromatic heterocycles. The van der Waals surface area contributed by atoms with E-state index in [-0.39, 0.29) is 19.1 Å². The fourth-order valence-corrected chi connectivity index (χ4v) is 14.5. The van der Waals surface area contributed by atoms with E-state index in [9.17, 15) is 91.0 Å². The van der Waals surface area contributed by atoms with E-state index >= 15 is 0 Å². The Hall–Kier alpha value is -12.2. The summed E-state index contributed by atoms with van der Waals surface area (Å²) in [4.78, 5) is 132. The molecule has 0 unspecified atom stereocenters. The van der Waals surface area contributed by atoms with Crippen LogP contribution < -0.4 is 26.6 Å². The van der Waals surface area contributed by atoms with Crippen molar-refractivity contribution in [3.05, 3.63) is 145 Å². The molecule has 10 N–H and O–H groups in total. The van der Waals surface area contributed by atoms with Crippen LogP contribution in [0.25, 0.3) is 67.3 Å². The van der Waals surface area contributed by atoms with E-state index in [4.69, 9.17) is 5.11 Å². The lowest BCUT2D eigenvalue weighted by Gasteiger charge is -2.28. The Labute approximate surface area is 684 Å². The molecule has 8 atom stereocenters. The number of benzene rings is 4. The van der Waals surface area contributed by atoms with Crippen molar-refractivity contribution in [1.29, 1.82) is 0 Å². The number of aromatic amines is 4. The molecule has 29 nitrogen and oxygen atoms in total. The molecule has 12 rings (SSSR count). The van der Waals surface area contributed by atoms with E-state index in [0.29, 0.717) is 73.9 Å². The highest BCUT2D eigenvalue weighted by Gasteiger charge is 2.43. The number of imidazole rings is 4. The van der Waals surface area contributed by atoms with E-state index in [1.54, 1.807) is 23.9 Å². The third-order valence-electron chi connectivity index (χ3n) is 20.7. The molecule has 4 saturated heterocycles. The number of hydrogen-bond acceptors (Lipinski definition) is 17. The number of carboxylic acids is 1. The number of nitrogens with one attached hydrogen (secondary N) is 9. The van der Waals surface area contributed by atoms with Gasteiger partial charge in [-0.1, -0.05) is 97.1 Å². The van der Waals surface area contributed by atoms with Crippen molar-refractivity contribution in [3.63, 3.8) is 0 Å². The molecule has 121 heavy (non-hydrogen) atoms. The van der Waals surface area contributed by atoms with E-state index in [0.717, 1.165) is 110 Å². The number of carbonyl (C=O) groups excluding carboxylic acids is 7. The lowest BCUT2D eigenvalue weighted by molar-refractivity contribution is -0.147. The molecule has 4 aromatic carbocycles. The molecule has 0 bridgehead atoms.